The normalized spacial score (nSPS) is 21.9. The lowest BCUT2D eigenvalue weighted by molar-refractivity contribution is -0.125. The van der Waals surface area contributed by atoms with Crippen molar-refractivity contribution in [2.45, 2.75) is 31.9 Å². The van der Waals surface area contributed by atoms with Crippen LogP contribution in [0.5, 0.6) is 0 Å². The summed E-state index contributed by atoms with van der Waals surface area (Å²) >= 11 is 0. The van der Waals surface area contributed by atoms with Crippen LogP contribution in [0.4, 0.5) is 0 Å². The average Bonchev–Trinajstić information content (AvgIpc) is 2.87. The zero-order valence-electron chi connectivity index (χ0n) is 11.1. The van der Waals surface area contributed by atoms with Crippen LogP contribution in [0.15, 0.2) is 0 Å². The molecule has 6 nitrogen and oxygen atoms in total. The first-order valence-corrected chi connectivity index (χ1v) is 6.34. The standard InChI is InChI=1S/C12H24N2O4/c1-12(2,14-5-10(16)6-15)8-13-11(17)9-3-4-18-7-9/h9-10,14-16H,3-8H2,1-2H3,(H,13,17). The van der Waals surface area contributed by atoms with Crippen LogP contribution in [0, 0.1) is 5.92 Å². The Bertz CT molecular complexity index is 265. The molecule has 6 heteroatoms. The molecular formula is C12H24N2O4. The van der Waals surface area contributed by atoms with Gasteiger partial charge in [0.15, 0.2) is 0 Å². The number of carbonyl (C=O) groups excluding carboxylic acids is 1. The lowest BCUT2D eigenvalue weighted by Gasteiger charge is -2.28. The largest absolute Gasteiger partial charge is 0.394 e. The van der Waals surface area contributed by atoms with E-state index in [1.807, 2.05) is 13.8 Å². The molecule has 0 aromatic carbocycles. The predicted octanol–water partition coefficient (Wildman–Crippen LogP) is -1.14. The molecule has 1 fully saturated rings. The van der Waals surface area contributed by atoms with Gasteiger partial charge >= 0.3 is 0 Å². The smallest absolute Gasteiger partial charge is 0.225 e. The van der Waals surface area contributed by atoms with E-state index in [4.69, 9.17) is 9.84 Å². The van der Waals surface area contributed by atoms with Crippen molar-refractivity contribution in [3.05, 3.63) is 0 Å². The van der Waals surface area contributed by atoms with Crippen LogP contribution in [-0.4, -0.2) is 60.7 Å². The van der Waals surface area contributed by atoms with Gasteiger partial charge < -0.3 is 25.6 Å². The van der Waals surface area contributed by atoms with Gasteiger partial charge in [0.2, 0.25) is 5.91 Å². The molecule has 1 heterocycles. The fraction of sp³-hybridized carbons (Fsp3) is 0.917. The average molecular weight is 260 g/mol. The van der Waals surface area contributed by atoms with Crippen molar-refractivity contribution < 1.29 is 19.7 Å². The second-order valence-corrected chi connectivity index (χ2v) is 5.38. The molecule has 0 aliphatic carbocycles. The van der Waals surface area contributed by atoms with E-state index in [0.29, 0.717) is 26.3 Å². The number of amides is 1. The minimum atomic E-state index is -0.775. The van der Waals surface area contributed by atoms with E-state index in [0.717, 1.165) is 6.42 Å². The van der Waals surface area contributed by atoms with Gasteiger partial charge in [-0.05, 0) is 20.3 Å². The molecule has 1 rings (SSSR count). The molecule has 106 valence electrons. The number of aliphatic hydroxyl groups excluding tert-OH is 2. The first-order chi connectivity index (χ1) is 8.44. The number of hydrogen-bond donors (Lipinski definition) is 4. The first kappa shape index (κ1) is 15.4. The summed E-state index contributed by atoms with van der Waals surface area (Å²) in [5.41, 5.74) is -0.328. The first-order valence-electron chi connectivity index (χ1n) is 6.34. The van der Waals surface area contributed by atoms with Gasteiger partial charge in [-0.1, -0.05) is 0 Å². The van der Waals surface area contributed by atoms with Crippen LogP contribution >= 0.6 is 0 Å². The Balaban J connectivity index is 2.25. The number of rotatable bonds is 7. The fourth-order valence-corrected chi connectivity index (χ4v) is 1.71. The quantitative estimate of drug-likeness (QED) is 0.464. The molecule has 18 heavy (non-hydrogen) atoms. The van der Waals surface area contributed by atoms with Gasteiger partial charge in [-0.3, -0.25) is 4.79 Å². The highest BCUT2D eigenvalue weighted by Crippen LogP contribution is 2.12. The van der Waals surface area contributed by atoms with Gasteiger partial charge in [0, 0.05) is 25.2 Å². The number of carbonyl (C=O) groups is 1. The van der Waals surface area contributed by atoms with Gasteiger partial charge in [0.05, 0.1) is 25.2 Å². The van der Waals surface area contributed by atoms with E-state index in [9.17, 15) is 9.90 Å². The zero-order valence-corrected chi connectivity index (χ0v) is 11.1. The van der Waals surface area contributed by atoms with Crippen molar-refractivity contribution in [2.24, 2.45) is 5.92 Å². The van der Waals surface area contributed by atoms with Crippen molar-refractivity contribution in [2.75, 3.05) is 32.9 Å². The van der Waals surface area contributed by atoms with E-state index in [1.165, 1.54) is 0 Å². The summed E-state index contributed by atoms with van der Waals surface area (Å²) < 4.78 is 5.17. The Kier molecular flexibility index (Phi) is 6.01. The maximum Gasteiger partial charge on any atom is 0.225 e. The Morgan fingerprint density at radius 2 is 2.28 bits per heavy atom. The molecule has 0 aromatic heterocycles. The number of aliphatic hydroxyl groups is 2. The van der Waals surface area contributed by atoms with E-state index in [2.05, 4.69) is 10.6 Å². The SMILES string of the molecule is CC(C)(CNC(=O)C1CCOC1)NCC(O)CO. The number of ether oxygens (including phenoxy) is 1. The van der Waals surface area contributed by atoms with Crippen molar-refractivity contribution in [3.63, 3.8) is 0 Å². The Morgan fingerprint density at radius 3 is 2.83 bits per heavy atom. The van der Waals surface area contributed by atoms with Gasteiger partial charge in [-0.25, -0.2) is 0 Å². The van der Waals surface area contributed by atoms with Crippen LogP contribution in [-0.2, 0) is 9.53 Å². The third-order valence-corrected chi connectivity index (χ3v) is 3.03. The third kappa shape index (κ3) is 5.30. The van der Waals surface area contributed by atoms with Crippen LogP contribution in [0.1, 0.15) is 20.3 Å². The molecule has 0 saturated carbocycles. The third-order valence-electron chi connectivity index (χ3n) is 3.03. The van der Waals surface area contributed by atoms with Crippen molar-refractivity contribution in [3.8, 4) is 0 Å². The summed E-state index contributed by atoms with van der Waals surface area (Å²) in [5.74, 6) is -0.0195. The summed E-state index contributed by atoms with van der Waals surface area (Å²) in [6.45, 7) is 5.53. The Labute approximate surface area is 108 Å². The molecule has 1 amide bonds. The molecule has 0 radical (unpaired) electrons. The molecule has 0 spiro atoms. The fourth-order valence-electron chi connectivity index (χ4n) is 1.71. The van der Waals surface area contributed by atoms with Crippen molar-refractivity contribution >= 4 is 5.91 Å². The van der Waals surface area contributed by atoms with Crippen molar-refractivity contribution in [1.82, 2.24) is 10.6 Å². The highest BCUT2D eigenvalue weighted by atomic mass is 16.5. The van der Waals surface area contributed by atoms with E-state index >= 15 is 0 Å². The summed E-state index contributed by atoms with van der Waals surface area (Å²) in [6.07, 6.45) is 0.00586. The summed E-state index contributed by atoms with van der Waals surface area (Å²) in [4.78, 5) is 11.8. The molecule has 1 aliphatic heterocycles. The molecule has 2 atom stereocenters. The number of nitrogens with one attached hydrogen (secondary N) is 2. The van der Waals surface area contributed by atoms with Crippen LogP contribution in [0.25, 0.3) is 0 Å². The summed E-state index contributed by atoms with van der Waals surface area (Å²) in [7, 11) is 0. The van der Waals surface area contributed by atoms with Gasteiger partial charge in [-0.2, -0.15) is 0 Å². The molecule has 2 unspecified atom stereocenters. The zero-order chi connectivity index (χ0) is 13.6. The summed E-state index contributed by atoms with van der Waals surface area (Å²) in [6, 6.07) is 0. The number of β-amino-alcohol motifs (C(OH)–C–C–N with tert-alkyl or cyclic N) is 1. The lowest BCUT2D eigenvalue weighted by Crippen LogP contribution is -2.52. The Morgan fingerprint density at radius 1 is 1.56 bits per heavy atom. The van der Waals surface area contributed by atoms with Crippen molar-refractivity contribution in [1.29, 1.82) is 0 Å². The maximum atomic E-state index is 11.8. The molecule has 0 bridgehead atoms. The maximum absolute atomic E-state index is 11.8. The highest BCUT2D eigenvalue weighted by molar-refractivity contribution is 5.79. The van der Waals surface area contributed by atoms with Gasteiger partial charge in [-0.15, -0.1) is 0 Å². The van der Waals surface area contributed by atoms with Crippen LogP contribution in [0.2, 0.25) is 0 Å². The van der Waals surface area contributed by atoms with Crippen LogP contribution < -0.4 is 10.6 Å². The Hall–Kier alpha value is -0.690. The van der Waals surface area contributed by atoms with E-state index < -0.39 is 6.10 Å². The predicted molar refractivity (Wildman–Crippen MR) is 67.1 cm³/mol. The van der Waals surface area contributed by atoms with Crippen LogP contribution in [0.3, 0.4) is 0 Å². The van der Waals surface area contributed by atoms with E-state index in [1.54, 1.807) is 0 Å². The lowest BCUT2D eigenvalue weighted by atomic mass is 10.0. The number of hydrogen-bond acceptors (Lipinski definition) is 5. The molecule has 1 saturated heterocycles. The second-order valence-electron chi connectivity index (χ2n) is 5.38. The minimum Gasteiger partial charge on any atom is -0.394 e. The second kappa shape index (κ2) is 7.04. The molecule has 0 aromatic rings. The minimum absolute atomic E-state index is 0.0186. The highest BCUT2D eigenvalue weighted by Gasteiger charge is 2.25. The van der Waals surface area contributed by atoms with Gasteiger partial charge in [0.1, 0.15) is 0 Å². The van der Waals surface area contributed by atoms with Gasteiger partial charge in [0.25, 0.3) is 0 Å². The monoisotopic (exact) mass is 260 g/mol. The molecular weight excluding hydrogens is 236 g/mol. The molecule has 4 N–H and O–H groups in total. The summed E-state index contributed by atoms with van der Waals surface area (Å²) in [5, 5.41) is 24.0. The molecule has 1 aliphatic rings. The van der Waals surface area contributed by atoms with E-state index in [-0.39, 0.29) is 24.0 Å². The topological polar surface area (TPSA) is 90.8 Å².